The number of sulfonamides is 1. The van der Waals surface area contributed by atoms with Gasteiger partial charge in [-0.05, 0) is 55.7 Å². The van der Waals surface area contributed by atoms with Gasteiger partial charge in [0, 0.05) is 0 Å². The van der Waals surface area contributed by atoms with Gasteiger partial charge in [0.05, 0.1) is 24.7 Å². The van der Waals surface area contributed by atoms with Crippen molar-refractivity contribution in [1.29, 1.82) is 0 Å². The number of anilines is 2. The summed E-state index contributed by atoms with van der Waals surface area (Å²) in [4.78, 5) is 12.5. The Bertz CT molecular complexity index is 923. The topological polar surface area (TPSA) is 75.7 Å². The van der Waals surface area contributed by atoms with Gasteiger partial charge in [-0.1, -0.05) is 18.2 Å². The normalized spacial score (nSPS) is 11.1. The van der Waals surface area contributed by atoms with Crippen LogP contribution in [0, 0.1) is 20.8 Å². The Kier molecular flexibility index (Phi) is 5.92. The fourth-order valence-electron chi connectivity index (χ4n) is 2.61. The number of carbonyl (C=O) groups excluding carboxylic acids is 1. The second-order valence-electron chi connectivity index (χ2n) is 6.31. The maximum Gasteiger partial charge on any atom is 0.245 e. The second-order valence-corrected chi connectivity index (χ2v) is 8.22. The van der Waals surface area contributed by atoms with E-state index in [4.69, 9.17) is 4.74 Å². The SMILES string of the molecule is COc1ccc(C)cc1NC(=O)CN(c1cc(C)ccc1C)S(C)(=O)=O. The van der Waals surface area contributed by atoms with E-state index in [0.29, 0.717) is 17.1 Å². The van der Waals surface area contributed by atoms with Crippen molar-refractivity contribution < 1.29 is 17.9 Å². The van der Waals surface area contributed by atoms with E-state index in [1.165, 1.54) is 7.11 Å². The van der Waals surface area contributed by atoms with Gasteiger partial charge in [0.2, 0.25) is 15.9 Å². The number of ether oxygens (including phenoxy) is 1. The van der Waals surface area contributed by atoms with Crippen LogP contribution in [0.25, 0.3) is 0 Å². The lowest BCUT2D eigenvalue weighted by molar-refractivity contribution is -0.114. The molecule has 140 valence electrons. The van der Waals surface area contributed by atoms with Crippen LogP contribution in [0.2, 0.25) is 0 Å². The molecule has 2 aromatic carbocycles. The molecule has 0 aliphatic carbocycles. The summed E-state index contributed by atoms with van der Waals surface area (Å²) in [5, 5.41) is 2.74. The molecule has 0 aliphatic rings. The number of amides is 1. The van der Waals surface area contributed by atoms with E-state index in [1.807, 2.05) is 39.0 Å². The number of hydrogen-bond acceptors (Lipinski definition) is 4. The minimum absolute atomic E-state index is 0.319. The molecule has 6 nitrogen and oxygen atoms in total. The fourth-order valence-corrected chi connectivity index (χ4v) is 3.51. The standard InChI is InChI=1S/C19H24N2O4S/c1-13-7-9-18(25-4)16(10-13)20-19(22)12-21(26(5,23)24)17-11-14(2)6-8-15(17)3/h6-11H,12H2,1-5H3,(H,20,22). The Morgan fingerprint density at radius 3 is 2.31 bits per heavy atom. The van der Waals surface area contributed by atoms with Crippen molar-refractivity contribution in [2.24, 2.45) is 0 Å². The minimum atomic E-state index is -3.63. The first-order valence-corrected chi connectivity index (χ1v) is 9.96. The summed E-state index contributed by atoms with van der Waals surface area (Å²) in [5.74, 6) is 0.0711. The van der Waals surface area contributed by atoms with Crippen LogP contribution in [-0.2, 0) is 14.8 Å². The molecule has 0 atom stereocenters. The highest BCUT2D eigenvalue weighted by atomic mass is 32.2. The first-order valence-electron chi connectivity index (χ1n) is 8.11. The molecule has 1 amide bonds. The molecule has 1 N–H and O–H groups in total. The summed E-state index contributed by atoms with van der Waals surface area (Å²) in [6.07, 6.45) is 1.09. The van der Waals surface area contributed by atoms with Crippen LogP contribution in [0.5, 0.6) is 5.75 Å². The average molecular weight is 376 g/mol. The van der Waals surface area contributed by atoms with E-state index >= 15 is 0 Å². The number of benzene rings is 2. The van der Waals surface area contributed by atoms with Crippen LogP contribution in [-0.4, -0.2) is 34.2 Å². The van der Waals surface area contributed by atoms with Crippen LogP contribution in [0.4, 0.5) is 11.4 Å². The molecule has 0 fully saturated rings. The number of nitrogens with zero attached hydrogens (tertiary/aromatic N) is 1. The van der Waals surface area contributed by atoms with Crippen LogP contribution >= 0.6 is 0 Å². The molecular formula is C19H24N2O4S. The van der Waals surface area contributed by atoms with E-state index in [-0.39, 0.29) is 6.54 Å². The summed E-state index contributed by atoms with van der Waals surface area (Å²) in [6, 6.07) is 10.9. The van der Waals surface area contributed by atoms with Gasteiger partial charge in [-0.3, -0.25) is 9.10 Å². The van der Waals surface area contributed by atoms with Gasteiger partial charge in [0.1, 0.15) is 12.3 Å². The van der Waals surface area contributed by atoms with Gasteiger partial charge in [-0.25, -0.2) is 8.42 Å². The molecule has 0 saturated heterocycles. The molecule has 0 bridgehead atoms. The Hall–Kier alpha value is -2.54. The quantitative estimate of drug-likeness (QED) is 0.841. The largest absolute Gasteiger partial charge is 0.495 e. The number of hydrogen-bond donors (Lipinski definition) is 1. The van der Waals surface area contributed by atoms with E-state index < -0.39 is 15.9 Å². The van der Waals surface area contributed by atoms with E-state index in [2.05, 4.69) is 5.32 Å². The summed E-state index contributed by atoms with van der Waals surface area (Å²) in [5.41, 5.74) is 3.66. The Balaban J connectivity index is 2.31. The van der Waals surface area contributed by atoms with E-state index in [1.54, 1.807) is 18.2 Å². The molecule has 0 aliphatic heterocycles. The number of rotatable bonds is 6. The third-order valence-electron chi connectivity index (χ3n) is 3.95. The van der Waals surface area contributed by atoms with Gasteiger partial charge in [0.15, 0.2) is 0 Å². The number of aryl methyl sites for hydroxylation is 3. The maximum absolute atomic E-state index is 12.5. The number of nitrogens with one attached hydrogen (secondary N) is 1. The van der Waals surface area contributed by atoms with Gasteiger partial charge in [-0.15, -0.1) is 0 Å². The first-order chi connectivity index (χ1) is 12.1. The Morgan fingerprint density at radius 2 is 1.69 bits per heavy atom. The molecule has 0 heterocycles. The molecular weight excluding hydrogens is 352 g/mol. The molecule has 0 aromatic heterocycles. The molecule has 0 unspecified atom stereocenters. The fraction of sp³-hybridized carbons (Fsp3) is 0.316. The van der Waals surface area contributed by atoms with Crippen molar-refractivity contribution in [3.8, 4) is 5.75 Å². The minimum Gasteiger partial charge on any atom is -0.495 e. The number of carbonyl (C=O) groups is 1. The van der Waals surface area contributed by atoms with Crippen molar-refractivity contribution in [3.05, 3.63) is 53.1 Å². The second kappa shape index (κ2) is 7.78. The molecule has 2 rings (SSSR count). The van der Waals surface area contributed by atoms with Crippen molar-refractivity contribution in [3.63, 3.8) is 0 Å². The summed E-state index contributed by atoms with van der Waals surface area (Å²) < 4.78 is 30.9. The van der Waals surface area contributed by atoms with Gasteiger partial charge in [0.25, 0.3) is 0 Å². The number of methoxy groups -OCH3 is 1. The molecule has 26 heavy (non-hydrogen) atoms. The van der Waals surface area contributed by atoms with Gasteiger partial charge < -0.3 is 10.1 Å². The lowest BCUT2D eigenvalue weighted by Gasteiger charge is -2.24. The highest BCUT2D eigenvalue weighted by Crippen LogP contribution is 2.26. The molecule has 0 saturated carbocycles. The third kappa shape index (κ3) is 4.76. The zero-order valence-electron chi connectivity index (χ0n) is 15.7. The van der Waals surface area contributed by atoms with Crippen LogP contribution < -0.4 is 14.4 Å². The molecule has 7 heteroatoms. The van der Waals surface area contributed by atoms with Crippen molar-refractivity contribution in [2.75, 3.05) is 29.5 Å². The molecule has 0 spiro atoms. The van der Waals surface area contributed by atoms with Gasteiger partial charge in [-0.2, -0.15) is 0 Å². The van der Waals surface area contributed by atoms with Gasteiger partial charge >= 0.3 is 0 Å². The summed E-state index contributed by atoms with van der Waals surface area (Å²) >= 11 is 0. The lowest BCUT2D eigenvalue weighted by atomic mass is 10.1. The average Bonchev–Trinajstić information content (AvgIpc) is 2.54. The Labute approximate surface area is 154 Å². The predicted molar refractivity (Wildman–Crippen MR) is 104 cm³/mol. The smallest absolute Gasteiger partial charge is 0.245 e. The van der Waals surface area contributed by atoms with E-state index in [9.17, 15) is 13.2 Å². The van der Waals surface area contributed by atoms with Crippen LogP contribution in [0.1, 0.15) is 16.7 Å². The zero-order valence-corrected chi connectivity index (χ0v) is 16.5. The van der Waals surface area contributed by atoms with Crippen LogP contribution in [0.15, 0.2) is 36.4 Å². The summed E-state index contributed by atoms with van der Waals surface area (Å²) in [7, 11) is -2.11. The third-order valence-corrected chi connectivity index (χ3v) is 5.08. The molecule has 0 radical (unpaired) electrons. The highest BCUT2D eigenvalue weighted by molar-refractivity contribution is 7.92. The monoisotopic (exact) mass is 376 g/mol. The highest BCUT2D eigenvalue weighted by Gasteiger charge is 2.23. The van der Waals surface area contributed by atoms with E-state index in [0.717, 1.165) is 27.3 Å². The first kappa shape index (κ1) is 19.8. The van der Waals surface area contributed by atoms with Crippen molar-refractivity contribution >= 4 is 27.3 Å². The van der Waals surface area contributed by atoms with Crippen LogP contribution in [0.3, 0.4) is 0 Å². The zero-order chi connectivity index (χ0) is 19.5. The van der Waals surface area contributed by atoms with Crippen molar-refractivity contribution in [2.45, 2.75) is 20.8 Å². The maximum atomic E-state index is 12.5. The Morgan fingerprint density at radius 1 is 1.08 bits per heavy atom. The molecule has 2 aromatic rings. The van der Waals surface area contributed by atoms with Crippen molar-refractivity contribution in [1.82, 2.24) is 0 Å². The predicted octanol–water partition coefficient (Wildman–Crippen LogP) is 3.03. The summed E-state index contributed by atoms with van der Waals surface area (Å²) in [6.45, 7) is 5.27. The lowest BCUT2D eigenvalue weighted by Crippen LogP contribution is -2.38.